The first-order chi connectivity index (χ1) is 23.2. The molecule has 3 heterocycles. The van der Waals surface area contributed by atoms with Crippen molar-refractivity contribution in [2.24, 2.45) is 0 Å². The summed E-state index contributed by atoms with van der Waals surface area (Å²) in [7, 11) is 0. The summed E-state index contributed by atoms with van der Waals surface area (Å²) < 4.78 is 25.2. The van der Waals surface area contributed by atoms with Crippen molar-refractivity contribution in [1.29, 1.82) is 0 Å². The summed E-state index contributed by atoms with van der Waals surface area (Å²) in [5, 5.41) is 2.41. The molecule has 0 atom stereocenters. The summed E-state index contributed by atoms with van der Waals surface area (Å²) in [5.74, 6) is 4.17. The maximum absolute atomic E-state index is 5.76. The molecule has 8 rings (SSSR count). The van der Waals surface area contributed by atoms with Gasteiger partial charge in [0, 0.05) is 37.3 Å². The molecule has 0 aliphatic carbocycles. The highest BCUT2D eigenvalue weighted by Gasteiger charge is 2.24. The molecule has 1 aromatic heterocycles. The molecule has 0 fully saturated rings. The van der Waals surface area contributed by atoms with Crippen molar-refractivity contribution < 1.29 is 18.9 Å². The van der Waals surface area contributed by atoms with E-state index in [0.717, 1.165) is 76.2 Å². The lowest BCUT2D eigenvalue weighted by atomic mass is 10.0. The zero-order valence-corrected chi connectivity index (χ0v) is 26.5. The minimum atomic E-state index is 0.257. The second-order valence-corrected chi connectivity index (χ2v) is 12.1. The van der Waals surface area contributed by atoms with Crippen molar-refractivity contribution in [2.75, 3.05) is 13.6 Å². The molecule has 2 aliphatic rings. The van der Waals surface area contributed by atoms with Gasteiger partial charge in [-0.25, -0.2) is 4.98 Å². The fourth-order valence-corrected chi connectivity index (χ4v) is 6.63. The zero-order valence-electron chi connectivity index (χ0n) is 26.5. The van der Waals surface area contributed by atoms with Crippen LogP contribution in [0.2, 0.25) is 0 Å². The lowest BCUT2D eigenvalue weighted by Gasteiger charge is -2.25. The van der Waals surface area contributed by atoms with Gasteiger partial charge in [-0.3, -0.25) is 4.90 Å². The summed E-state index contributed by atoms with van der Waals surface area (Å²) in [4.78, 5) is 7.96. The largest absolute Gasteiger partial charge is 0.454 e. The maximum atomic E-state index is 5.76. The molecule has 0 amide bonds. The molecule has 0 spiro atoms. The van der Waals surface area contributed by atoms with Crippen LogP contribution in [-0.2, 0) is 26.2 Å². The molecule has 0 bridgehead atoms. The molecule has 7 heteroatoms. The van der Waals surface area contributed by atoms with E-state index in [4.69, 9.17) is 23.9 Å². The van der Waals surface area contributed by atoms with Gasteiger partial charge in [-0.2, -0.15) is 0 Å². The van der Waals surface area contributed by atoms with E-state index in [9.17, 15) is 0 Å². The van der Waals surface area contributed by atoms with Gasteiger partial charge in [-0.1, -0.05) is 98.3 Å². The fourth-order valence-electron chi connectivity index (χ4n) is 6.63. The molecular formula is C40H37N3O4. The number of unbranched alkanes of at least 4 members (excludes halogenated alkanes) is 1. The van der Waals surface area contributed by atoms with E-state index >= 15 is 0 Å². The number of benzene rings is 5. The van der Waals surface area contributed by atoms with E-state index in [1.807, 2.05) is 12.1 Å². The second-order valence-electron chi connectivity index (χ2n) is 12.1. The monoisotopic (exact) mass is 623 g/mol. The zero-order chi connectivity index (χ0) is 31.6. The van der Waals surface area contributed by atoms with Gasteiger partial charge in [0.25, 0.3) is 0 Å². The average molecular weight is 624 g/mol. The van der Waals surface area contributed by atoms with E-state index in [1.165, 1.54) is 16.5 Å². The predicted octanol–water partition coefficient (Wildman–Crippen LogP) is 8.83. The average Bonchev–Trinajstić information content (AvgIpc) is 3.86. The molecule has 47 heavy (non-hydrogen) atoms. The summed E-state index contributed by atoms with van der Waals surface area (Å²) in [6, 6.07) is 38.2. The third kappa shape index (κ3) is 5.90. The Kier molecular flexibility index (Phi) is 7.97. The maximum Gasteiger partial charge on any atom is 0.231 e. The van der Waals surface area contributed by atoms with Crippen LogP contribution >= 0.6 is 0 Å². The second kappa shape index (κ2) is 12.9. The topological polar surface area (TPSA) is 58.0 Å². The molecular weight excluding hydrogens is 586 g/mol. The Morgan fingerprint density at radius 3 is 2.00 bits per heavy atom. The molecule has 6 aromatic rings. The Morgan fingerprint density at radius 1 is 0.660 bits per heavy atom. The minimum absolute atomic E-state index is 0.257. The third-order valence-corrected chi connectivity index (χ3v) is 8.94. The van der Waals surface area contributed by atoms with Crippen LogP contribution in [0.25, 0.3) is 33.4 Å². The highest BCUT2D eigenvalue weighted by molar-refractivity contribution is 5.96. The van der Waals surface area contributed by atoms with Gasteiger partial charge in [0.05, 0.1) is 11.4 Å². The van der Waals surface area contributed by atoms with Crippen LogP contribution in [0, 0.1) is 0 Å². The van der Waals surface area contributed by atoms with Crippen LogP contribution < -0.4 is 18.9 Å². The van der Waals surface area contributed by atoms with Gasteiger partial charge in [0.2, 0.25) is 13.6 Å². The van der Waals surface area contributed by atoms with Gasteiger partial charge < -0.3 is 23.5 Å². The molecule has 5 aromatic carbocycles. The van der Waals surface area contributed by atoms with Gasteiger partial charge in [0.15, 0.2) is 23.0 Å². The number of ether oxygens (including phenoxy) is 4. The number of rotatable bonds is 11. The van der Waals surface area contributed by atoms with Gasteiger partial charge in [-0.05, 0) is 52.6 Å². The Labute approximate surface area is 274 Å². The highest BCUT2D eigenvalue weighted by atomic mass is 16.7. The van der Waals surface area contributed by atoms with Gasteiger partial charge >= 0.3 is 0 Å². The van der Waals surface area contributed by atoms with Gasteiger partial charge in [-0.15, -0.1) is 0 Å². The third-order valence-electron chi connectivity index (χ3n) is 8.94. The smallest absolute Gasteiger partial charge is 0.231 e. The van der Waals surface area contributed by atoms with E-state index < -0.39 is 0 Å². The van der Waals surface area contributed by atoms with Crippen molar-refractivity contribution in [2.45, 2.75) is 45.9 Å². The van der Waals surface area contributed by atoms with Crippen molar-refractivity contribution in [3.63, 3.8) is 0 Å². The standard InChI is InChI=1S/C40H37N3O4/c1-2-3-20-43-34(39(41-40(43)31-11-5-4-6-12-31)33-15-9-13-30-10-7-8-14-32(30)33)25-42(23-28-16-18-35-37(21-28)46-26-44-35)24-29-17-19-36-38(22-29)47-27-45-36/h4-19,21-22H,2-3,20,23-27H2,1H3. The minimum Gasteiger partial charge on any atom is -0.454 e. The highest BCUT2D eigenvalue weighted by Crippen LogP contribution is 2.38. The van der Waals surface area contributed by atoms with Crippen molar-refractivity contribution in [3.8, 4) is 45.6 Å². The number of nitrogens with zero attached hydrogens (tertiary/aromatic N) is 3. The van der Waals surface area contributed by atoms with Crippen LogP contribution in [0.3, 0.4) is 0 Å². The molecule has 0 N–H and O–H groups in total. The Balaban J connectivity index is 1.26. The molecule has 0 saturated carbocycles. The molecule has 0 radical (unpaired) electrons. The SMILES string of the molecule is CCCCn1c(-c2ccccc2)nc(-c2cccc3ccccc23)c1CN(Cc1ccc2c(c1)OCO2)Cc1ccc2c(c1)OCO2. The van der Waals surface area contributed by atoms with Gasteiger partial charge in [0.1, 0.15) is 5.82 Å². The number of fused-ring (bicyclic) bond motifs is 3. The number of hydrogen-bond acceptors (Lipinski definition) is 6. The van der Waals surface area contributed by atoms with E-state index in [0.29, 0.717) is 19.6 Å². The van der Waals surface area contributed by atoms with E-state index in [1.54, 1.807) is 0 Å². The predicted molar refractivity (Wildman–Crippen MR) is 184 cm³/mol. The first-order valence-corrected chi connectivity index (χ1v) is 16.4. The number of aromatic nitrogens is 2. The lowest BCUT2D eigenvalue weighted by Crippen LogP contribution is -2.24. The van der Waals surface area contributed by atoms with Crippen molar-refractivity contribution >= 4 is 10.8 Å². The lowest BCUT2D eigenvalue weighted by molar-refractivity contribution is 0.173. The first kappa shape index (κ1) is 29.2. The fraction of sp³-hybridized carbons (Fsp3) is 0.225. The Morgan fingerprint density at radius 2 is 1.30 bits per heavy atom. The quantitative estimate of drug-likeness (QED) is 0.144. The van der Waals surface area contributed by atoms with Crippen molar-refractivity contribution in [1.82, 2.24) is 14.5 Å². The summed E-state index contributed by atoms with van der Waals surface area (Å²) in [6.07, 6.45) is 2.15. The molecule has 236 valence electrons. The van der Waals surface area contributed by atoms with E-state index in [2.05, 4.69) is 113 Å². The van der Waals surface area contributed by atoms with Crippen LogP contribution in [0.15, 0.2) is 109 Å². The van der Waals surface area contributed by atoms with Crippen LogP contribution in [0.1, 0.15) is 36.6 Å². The van der Waals surface area contributed by atoms with E-state index in [-0.39, 0.29) is 13.6 Å². The summed E-state index contributed by atoms with van der Waals surface area (Å²) in [5.41, 5.74) is 6.81. The van der Waals surface area contributed by atoms with Crippen LogP contribution in [0.5, 0.6) is 23.0 Å². The molecule has 7 nitrogen and oxygen atoms in total. The number of imidazole rings is 1. The van der Waals surface area contributed by atoms with Crippen LogP contribution in [0.4, 0.5) is 0 Å². The number of hydrogen-bond donors (Lipinski definition) is 0. The first-order valence-electron chi connectivity index (χ1n) is 16.4. The normalized spacial score (nSPS) is 13.1. The molecule has 0 saturated heterocycles. The Hall–Kier alpha value is -5.27. The van der Waals surface area contributed by atoms with Crippen molar-refractivity contribution in [3.05, 3.63) is 126 Å². The molecule has 2 aliphatic heterocycles. The van der Waals surface area contributed by atoms with Crippen LogP contribution in [-0.4, -0.2) is 28.0 Å². The summed E-state index contributed by atoms with van der Waals surface area (Å²) in [6.45, 7) is 5.75. The summed E-state index contributed by atoms with van der Waals surface area (Å²) >= 11 is 0. The Bertz CT molecular complexity index is 1970. The molecule has 0 unspecified atom stereocenters.